The number of aryl methyl sites for hydroxylation is 1. The first-order valence-electron chi connectivity index (χ1n) is 6.75. The van der Waals surface area contributed by atoms with Gasteiger partial charge in [-0.2, -0.15) is 0 Å². The minimum Gasteiger partial charge on any atom is -0.337 e. The Morgan fingerprint density at radius 2 is 1.94 bits per heavy atom. The topological polar surface area (TPSA) is 41.9 Å². The first-order valence-corrected chi connectivity index (χ1v) is 6.75. The van der Waals surface area contributed by atoms with Gasteiger partial charge in [0.15, 0.2) is 0 Å². The van der Waals surface area contributed by atoms with Crippen LogP contribution < -0.4 is 10.6 Å². The summed E-state index contributed by atoms with van der Waals surface area (Å²) in [6.45, 7) is 10.0. The van der Waals surface area contributed by atoms with E-state index >= 15 is 0 Å². The number of hydrogen-bond acceptors (Lipinski definition) is 3. The fourth-order valence-electron chi connectivity index (χ4n) is 3.27. The summed E-state index contributed by atoms with van der Waals surface area (Å²) in [6, 6.07) is 0.561. The van der Waals surface area contributed by atoms with E-state index in [1.807, 2.05) is 19.6 Å². The predicted molar refractivity (Wildman–Crippen MR) is 74.4 cm³/mol. The lowest BCUT2D eigenvalue weighted by molar-refractivity contribution is 0.145. The molecule has 4 nitrogen and oxygen atoms in total. The van der Waals surface area contributed by atoms with Crippen LogP contribution in [-0.2, 0) is 13.6 Å². The second-order valence-corrected chi connectivity index (χ2v) is 6.87. The fraction of sp³-hybridized carbons (Fsp3) is 0.786. The summed E-state index contributed by atoms with van der Waals surface area (Å²) < 4.78 is 2.07. The second kappa shape index (κ2) is 4.67. The van der Waals surface area contributed by atoms with Crippen molar-refractivity contribution < 1.29 is 0 Å². The van der Waals surface area contributed by atoms with Crippen molar-refractivity contribution in [3.8, 4) is 0 Å². The van der Waals surface area contributed by atoms with Crippen molar-refractivity contribution in [3.63, 3.8) is 0 Å². The van der Waals surface area contributed by atoms with Gasteiger partial charge in [-0.15, -0.1) is 0 Å². The molecule has 2 heterocycles. The van der Waals surface area contributed by atoms with Crippen molar-refractivity contribution >= 4 is 0 Å². The molecule has 1 aliphatic heterocycles. The zero-order valence-corrected chi connectivity index (χ0v) is 12.2. The summed E-state index contributed by atoms with van der Waals surface area (Å²) in [5.74, 6) is 0. The smallest absolute Gasteiger partial charge is 0.0945 e. The first-order chi connectivity index (χ1) is 8.27. The molecule has 0 aromatic carbocycles. The molecule has 1 fully saturated rings. The monoisotopic (exact) mass is 250 g/mol. The zero-order valence-electron chi connectivity index (χ0n) is 12.2. The van der Waals surface area contributed by atoms with Gasteiger partial charge in [-0.05, 0) is 40.5 Å². The van der Waals surface area contributed by atoms with Crippen molar-refractivity contribution in [1.29, 1.82) is 0 Å². The molecule has 102 valence electrons. The molecular formula is C14H26N4. The molecule has 0 spiro atoms. The molecule has 4 heteroatoms. The third-order valence-electron chi connectivity index (χ3n) is 3.68. The molecule has 18 heavy (non-hydrogen) atoms. The summed E-state index contributed by atoms with van der Waals surface area (Å²) in [7, 11) is 2.04. The summed E-state index contributed by atoms with van der Waals surface area (Å²) >= 11 is 0. The molecule has 2 N–H and O–H groups in total. The molecule has 0 bridgehead atoms. The highest BCUT2D eigenvalue weighted by Gasteiger charge is 2.37. The molecular weight excluding hydrogens is 224 g/mol. The highest BCUT2D eigenvalue weighted by atomic mass is 15.1. The molecule has 1 aromatic rings. The summed E-state index contributed by atoms with van der Waals surface area (Å²) in [5, 5.41) is 7.38. The lowest BCUT2D eigenvalue weighted by Gasteiger charge is -2.46. The Balaban J connectivity index is 1.95. The molecule has 1 aromatic heterocycles. The molecule has 0 aliphatic carbocycles. The molecule has 0 radical (unpaired) electrons. The first kappa shape index (κ1) is 13.6. The molecule has 0 unspecified atom stereocenters. The van der Waals surface area contributed by atoms with Crippen LogP contribution in [0.5, 0.6) is 0 Å². The number of aromatic nitrogens is 2. The van der Waals surface area contributed by atoms with E-state index in [9.17, 15) is 0 Å². The zero-order chi connectivity index (χ0) is 13.4. The predicted octanol–water partition coefficient (Wildman–Crippen LogP) is 1.82. The number of rotatable bonds is 3. The fourth-order valence-corrected chi connectivity index (χ4v) is 3.27. The standard InChI is InChI=1S/C14H26N4/c1-13(2)6-11(7-14(3,4)17-13)16-9-12-8-15-10-18(12)5/h8,10-11,16-17H,6-7,9H2,1-5H3. The minimum absolute atomic E-state index is 0.200. The maximum atomic E-state index is 4.15. The van der Waals surface area contributed by atoms with Crippen molar-refractivity contribution in [2.24, 2.45) is 7.05 Å². The molecule has 1 saturated heterocycles. The SMILES string of the molecule is Cn1cncc1CNC1CC(C)(C)NC(C)(C)C1. The summed E-state index contributed by atoms with van der Waals surface area (Å²) in [5.41, 5.74) is 1.64. The van der Waals surface area contributed by atoms with Crippen molar-refractivity contribution in [2.45, 2.75) is 64.2 Å². The highest BCUT2D eigenvalue weighted by Crippen LogP contribution is 2.28. The lowest BCUT2D eigenvalue weighted by atomic mass is 9.79. The molecule has 0 amide bonds. The van der Waals surface area contributed by atoms with Gasteiger partial charge < -0.3 is 15.2 Å². The minimum atomic E-state index is 0.200. The average molecular weight is 250 g/mol. The van der Waals surface area contributed by atoms with Gasteiger partial charge in [-0.25, -0.2) is 4.98 Å². The highest BCUT2D eigenvalue weighted by molar-refractivity contribution is 5.02. The van der Waals surface area contributed by atoms with Gasteiger partial charge in [0.2, 0.25) is 0 Å². The van der Waals surface area contributed by atoms with Gasteiger partial charge in [0.1, 0.15) is 0 Å². The Morgan fingerprint density at radius 1 is 1.33 bits per heavy atom. The Hall–Kier alpha value is -0.870. The van der Waals surface area contributed by atoms with E-state index in [2.05, 4.69) is 47.9 Å². The van der Waals surface area contributed by atoms with Gasteiger partial charge >= 0.3 is 0 Å². The van der Waals surface area contributed by atoms with Gasteiger partial charge in [0.25, 0.3) is 0 Å². The number of hydrogen-bond donors (Lipinski definition) is 2. The van der Waals surface area contributed by atoms with Crippen LogP contribution in [0.15, 0.2) is 12.5 Å². The molecule has 2 rings (SSSR count). The van der Waals surface area contributed by atoms with Crippen LogP contribution in [0.2, 0.25) is 0 Å². The van der Waals surface area contributed by atoms with Crippen LogP contribution in [0.25, 0.3) is 0 Å². The number of nitrogens with one attached hydrogen (secondary N) is 2. The van der Waals surface area contributed by atoms with Crippen LogP contribution in [0, 0.1) is 0 Å². The Kier molecular flexibility index (Phi) is 3.52. The van der Waals surface area contributed by atoms with E-state index in [1.54, 1.807) is 0 Å². The van der Waals surface area contributed by atoms with Crippen LogP contribution in [0.4, 0.5) is 0 Å². The third kappa shape index (κ3) is 3.33. The van der Waals surface area contributed by atoms with Crippen LogP contribution in [-0.4, -0.2) is 26.7 Å². The van der Waals surface area contributed by atoms with E-state index in [0.717, 1.165) is 19.4 Å². The van der Waals surface area contributed by atoms with E-state index in [-0.39, 0.29) is 11.1 Å². The Bertz CT molecular complexity index is 390. The van der Waals surface area contributed by atoms with Crippen molar-refractivity contribution in [1.82, 2.24) is 20.2 Å². The van der Waals surface area contributed by atoms with Crippen LogP contribution in [0.1, 0.15) is 46.2 Å². The van der Waals surface area contributed by atoms with Gasteiger partial charge in [0, 0.05) is 36.9 Å². The van der Waals surface area contributed by atoms with E-state index in [1.165, 1.54) is 5.69 Å². The largest absolute Gasteiger partial charge is 0.337 e. The third-order valence-corrected chi connectivity index (χ3v) is 3.68. The Morgan fingerprint density at radius 3 is 2.44 bits per heavy atom. The van der Waals surface area contributed by atoms with Crippen molar-refractivity contribution in [3.05, 3.63) is 18.2 Å². The van der Waals surface area contributed by atoms with E-state index in [0.29, 0.717) is 6.04 Å². The molecule has 0 atom stereocenters. The number of nitrogens with zero attached hydrogens (tertiary/aromatic N) is 2. The van der Waals surface area contributed by atoms with Crippen LogP contribution >= 0.6 is 0 Å². The molecule has 0 saturated carbocycles. The van der Waals surface area contributed by atoms with Gasteiger partial charge in [0.05, 0.1) is 12.0 Å². The quantitative estimate of drug-likeness (QED) is 0.860. The summed E-state index contributed by atoms with van der Waals surface area (Å²) in [4.78, 5) is 4.15. The van der Waals surface area contributed by atoms with Crippen molar-refractivity contribution in [2.75, 3.05) is 0 Å². The maximum Gasteiger partial charge on any atom is 0.0945 e. The second-order valence-electron chi connectivity index (χ2n) is 6.87. The van der Waals surface area contributed by atoms with Crippen LogP contribution in [0.3, 0.4) is 0 Å². The molecule has 1 aliphatic rings. The Labute approximate surface area is 110 Å². The number of piperidine rings is 1. The normalized spacial score (nSPS) is 23.2. The van der Waals surface area contributed by atoms with Gasteiger partial charge in [-0.3, -0.25) is 0 Å². The maximum absolute atomic E-state index is 4.15. The summed E-state index contributed by atoms with van der Waals surface area (Å²) in [6.07, 6.45) is 6.11. The van der Waals surface area contributed by atoms with E-state index < -0.39 is 0 Å². The average Bonchev–Trinajstić information content (AvgIpc) is 2.56. The lowest BCUT2D eigenvalue weighted by Crippen LogP contribution is -2.61. The van der Waals surface area contributed by atoms with Gasteiger partial charge in [-0.1, -0.05) is 0 Å². The van der Waals surface area contributed by atoms with E-state index in [4.69, 9.17) is 0 Å². The number of imidazole rings is 1.